The van der Waals surface area contributed by atoms with Crippen LogP contribution >= 0.6 is 0 Å². The zero-order valence-corrected chi connectivity index (χ0v) is 18.1. The van der Waals surface area contributed by atoms with Gasteiger partial charge < -0.3 is 10.1 Å². The fourth-order valence-corrected chi connectivity index (χ4v) is 4.22. The molecule has 3 heteroatoms. The Morgan fingerprint density at radius 2 is 1.50 bits per heavy atom. The van der Waals surface area contributed by atoms with E-state index in [1.807, 2.05) is 20.8 Å². The summed E-state index contributed by atoms with van der Waals surface area (Å²) in [6.45, 7) is 13.0. The number of nitrogens with one attached hydrogen (secondary N) is 1. The van der Waals surface area contributed by atoms with Gasteiger partial charge in [0.2, 0.25) is 0 Å². The first-order valence-electron chi connectivity index (χ1n) is 10.3. The molecule has 1 aliphatic carbocycles. The molecule has 0 spiro atoms. The Bertz CT molecular complexity index is 825. The zero-order chi connectivity index (χ0) is 20.5. The van der Waals surface area contributed by atoms with Crippen LogP contribution in [-0.4, -0.2) is 18.2 Å². The van der Waals surface area contributed by atoms with Gasteiger partial charge in [0, 0.05) is 12.0 Å². The number of hydrogen-bond acceptors (Lipinski definition) is 2. The van der Waals surface area contributed by atoms with Crippen LogP contribution in [0.25, 0.3) is 11.1 Å². The van der Waals surface area contributed by atoms with E-state index in [1.165, 1.54) is 33.4 Å². The minimum Gasteiger partial charge on any atom is -0.444 e. The lowest BCUT2D eigenvalue weighted by atomic mass is 9.75. The summed E-state index contributed by atoms with van der Waals surface area (Å²) in [5.41, 5.74) is 7.80. The molecule has 1 N–H and O–H groups in total. The number of hydrogen-bond donors (Lipinski definition) is 1. The van der Waals surface area contributed by atoms with Gasteiger partial charge in [-0.15, -0.1) is 0 Å². The summed E-state index contributed by atoms with van der Waals surface area (Å²) < 4.78 is 5.31. The number of amides is 1. The van der Waals surface area contributed by atoms with Crippen molar-refractivity contribution in [1.29, 1.82) is 0 Å². The van der Waals surface area contributed by atoms with E-state index in [0.29, 0.717) is 6.54 Å². The normalized spacial score (nSPS) is 14.4. The molecule has 0 unspecified atom stereocenters. The topological polar surface area (TPSA) is 38.3 Å². The van der Waals surface area contributed by atoms with Crippen LogP contribution in [0.5, 0.6) is 0 Å². The first kappa shape index (κ1) is 20.4. The highest BCUT2D eigenvalue weighted by molar-refractivity contribution is 5.81. The quantitative estimate of drug-likeness (QED) is 0.620. The van der Waals surface area contributed by atoms with Crippen molar-refractivity contribution >= 4 is 6.09 Å². The number of carbonyl (C=O) groups excluding carboxylic acids is 1. The van der Waals surface area contributed by atoms with Gasteiger partial charge >= 0.3 is 6.09 Å². The number of benzene rings is 2. The van der Waals surface area contributed by atoms with Crippen molar-refractivity contribution in [3.63, 3.8) is 0 Å². The van der Waals surface area contributed by atoms with Crippen LogP contribution in [0.4, 0.5) is 4.79 Å². The standard InChI is InChI=1S/C25H33NO2/c1-17-9-11-19-20-12-10-18(2)16-22(20)25(6,21(19)15-17)13-7-8-14-26-23(27)28-24(3,4)5/h9-12,15-16H,7-8,13-14H2,1-6H3,(H,26,27). The third-order valence-corrected chi connectivity index (χ3v) is 5.60. The molecule has 2 aromatic rings. The molecule has 0 saturated heterocycles. The van der Waals surface area contributed by atoms with Crippen molar-refractivity contribution in [2.45, 2.75) is 71.8 Å². The molecular formula is C25H33NO2. The second-order valence-corrected chi connectivity index (χ2v) is 9.32. The van der Waals surface area contributed by atoms with Crippen molar-refractivity contribution in [3.05, 3.63) is 58.7 Å². The molecule has 0 bridgehead atoms. The third kappa shape index (κ3) is 4.24. The second kappa shape index (κ2) is 7.62. The van der Waals surface area contributed by atoms with Crippen LogP contribution in [0, 0.1) is 13.8 Å². The lowest BCUT2D eigenvalue weighted by molar-refractivity contribution is 0.0527. The number of unbranched alkanes of at least 4 members (excludes halogenated alkanes) is 1. The van der Waals surface area contributed by atoms with E-state index in [1.54, 1.807) is 0 Å². The second-order valence-electron chi connectivity index (χ2n) is 9.32. The summed E-state index contributed by atoms with van der Waals surface area (Å²) in [6, 6.07) is 13.7. The Hall–Kier alpha value is -2.29. The first-order chi connectivity index (χ1) is 13.1. The van der Waals surface area contributed by atoms with Crippen LogP contribution in [0.15, 0.2) is 36.4 Å². The predicted octanol–water partition coefficient (Wildman–Crippen LogP) is 6.28. The molecule has 0 aliphatic heterocycles. The maximum Gasteiger partial charge on any atom is 0.407 e. The Balaban J connectivity index is 1.69. The van der Waals surface area contributed by atoms with Gasteiger partial charge in [0.15, 0.2) is 0 Å². The van der Waals surface area contributed by atoms with Crippen molar-refractivity contribution in [1.82, 2.24) is 5.32 Å². The van der Waals surface area contributed by atoms with E-state index in [-0.39, 0.29) is 11.5 Å². The number of alkyl carbamates (subject to hydrolysis) is 1. The summed E-state index contributed by atoms with van der Waals surface area (Å²) in [5.74, 6) is 0. The largest absolute Gasteiger partial charge is 0.444 e. The molecule has 2 aromatic carbocycles. The lowest BCUT2D eigenvalue weighted by Gasteiger charge is -2.28. The van der Waals surface area contributed by atoms with Crippen LogP contribution in [0.1, 0.15) is 69.2 Å². The van der Waals surface area contributed by atoms with Crippen molar-refractivity contribution in [2.24, 2.45) is 0 Å². The van der Waals surface area contributed by atoms with Crippen LogP contribution in [0.3, 0.4) is 0 Å². The van der Waals surface area contributed by atoms with Crippen molar-refractivity contribution < 1.29 is 9.53 Å². The number of rotatable bonds is 5. The Labute approximate surface area is 169 Å². The van der Waals surface area contributed by atoms with Gasteiger partial charge in [-0.1, -0.05) is 60.9 Å². The molecule has 0 fully saturated rings. The lowest BCUT2D eigenvalue weighted by Crippen LogP contribution is -2.33. The van der Waals surface area contributed by atoms with Crippen molar-refractivity contribution in [2.75, 3.05) is 6.54 Å². The maximum absolute atomic E-state index is 11.8. The highest BCUT2D eigenvalue weighted by Gasteiger charge is 2.38. The molecular weight excluding hydrogens is 346 g/mol. The Kier molecular flexibility index (Phi) is 5.56. The number of carbonyl (C=O) groups is 1. The molecule has 3 rings (SSSR count). The minimum absolute atomic E-state index is 0.0224. The Morgan fingerprint density at radius 1 is 0.964 bits per heavy atom. The molecule has 0 radical (unpaired) electrons. The molecule has 1 amide bonds. The molecule has 28 heavy (non-hydrogen) atoms. The Morgan fingerprint density at radius 3 is 2.00 bits per heavy atom. The molecule has 0 saturated carbocycles. The maximum atomic E-state index is 11.8. The molecule has 150 valence electrons. The van der Waals surface area contributed by atoms with E-state index in [0.717, 1.165) is 19.3 Å². The highest BCUT2D eigenvalue weighted by atomic mass is 16.6. The first-order valence-corrected chi connectivity index (χ1v) is 10.3. The fraction of sp³-hybridized carbons (Fsp3) is 0.480. The zero-order valence-electron chi connectivity index (χ0n) is 18.1. The van der Waals surface area contributed by atoms with E-state index in [9.17, 15) is 4.79 Å². The van der Waals surface area contributed by atoms with E-state index < -0.39 is 5.60 Å². The van der Waals surface area contributed by atoms with Gasteiger partial charge in [-0.2, -0.15) is 0 Å². The van der Waals surface area contributed by atoms with E-state index in [4.69, 9.17) is 4.74 Å². The number of aryl methyl sites for hydroxylation is 2. The summed E-state index contributed by atoms with van der Waals surface area (Å²) in [5, 5.41) is 2.87. The smallest absolute Gasteiger partial charge is 0.407 e. The summed E-state index contributed by atoms with van der Waals surface area (Å²) in [6.07, 6.45) is 2.72. The minimum atomic E-state index is -0.454. The SMILES string of the molecule is Cc1ccc2c(c1)C(C)(CCCCNC(=O)OC(C)(C)C)c1cc(C)ccc1-2. The summed E-state index contributed by atoms with van der Waals surface area (Å²) in [4.78, 5) is 11.8. The number of fused-ring (bicyclic) bond motifs is 3. The van der Waals surface area contributed by atoms with Crippen LogP contribution in [-0.2, 0) is 10.2 Å². The molecule has 0 atom stereocenters. The number of ether oxygens (including phenoxy) is 1. The summed E-state index contributed by atoms with van der Waals surface area (Å²) in [7, 11) is 0. The average Bonchev–Trinajstić information content (AvgIpc) is 2.82. The molecule has 1 aliphatic rings. The van der Waals surface area contributed by atoms with Crippen LogP contribution < -0.4 is 5.32 Å². The molecule has 3 nitrogen and oxygen atoms in total. The average molecular weight is 380 g/mol. The molecule has 0 heterocycles. The van der Waals surface area contributed by atoms with Crippen molar-refractivity contribution in [3.8, 4) is 11.1 Å². The van der Waals surface area contributed by atoms with Gasteiger partial charge in [0.05, 0.1) is 0 Å². The highest BCUT2D eigenvalue weighted by Crippen LogP contribution is 2.51. The van der Waals surface area contributed by atoms with Gasteiger partial charge in [0.1, 0.15) is 5.60 Å². The van der Waals surface area contributed by atoms with E-state index >= 15 is 0 Å². The van der Waals surface area contributed by atoms with Gasteiger partial charge in [-0.25, -0.2) is 4.79 Å². The van der Waals surface area contributed by atoms with Crippen LogP contribution in [0.2, 0.25) is 0 Å². The van der Waals surface area contributed by atoms with Gasteiger partial charge in [-0.05, 0) is 69.7 Å². The van der Waals surface area contributed by atoms with Gasteiger partial charge in [-0.3, -0.25) is 0 Å². The summed E-state index contributed by atoms with van der Waals surface area (Å²) >= 11 is 0. The fourth-order valence-electron chi connectivity index (χ4n) is 4.22. The third-order valence-electron chi connectivity index (χ3n) is 5.60. The monoisotopic (exact) mass is 379 g/mol. The van der Waals surface area contributed by atoms with E-state index in [2.05, 4.69) is 62.5 Å². The molecule has 0 aromatic heterocycles. The van der Waals surface area contributed by atoms with Gasteiger partial charge in [0.25, 0.3) is 0 Å². The predicted molar refractivity (Wildman–Crippen MR) is 116 cm³/mol.